The molecule has 0 aliphatic carbocycles. The highest BCUT2D eigenvalue weighted by molar-refractivity contribution is 9.10. The van der Waals surface area contributed by atoms with Gasteiger partial charge in [-0.2, -0.15) is 0 Å². The maximum atomic E-state index is 12.0. The van der Waals surface area contributed by atoms with E-state index < -0.39 is 6.36 Å². The summed E-state index contributed by atoms with van der Waals surface area (Å²) in [6, 6.07) is 4.44. The molecule has 0 amide bonds. The van der Waals surface area contributed by atoms with Crippen LogP contribution in [0.5, 0.6) is 5.75 Å². The minimum Gasteiger partial charge on any atom is -0.405 e. The first-order valence-electron chi connectivity index (χ1n) is 4.78. The summed E-state index contributed by atoms with van der Waals surface area (Å²) < 4.78 is 45.4. The minimum absolute atomic E-state index is 0.249. The summed E-state index contributed by atoms with van der Waals surface area (Å²) in [5.74, 6) is -0.249. The molecule has 0 saturated carbocycles. The number of benzene rings is 1. The number of alkyl halides is 3. The van der Waals surface area contributed by atoms with Crippen molar-refractivity contribution in [1.82, 2.24) is 0 Å². The third-order valence-electron chi connectivity index (χ3n) is 2.23. The second-order valence-electron chi connectivity index (χ2n) is 3.44. The summed E-state index contributed by atoms with van der Waals surface area (Å²) in [4.78, 5) is 0. The number of hydrogen-bond acceptors (Lipinski definition) is 2. The summed E-state index contributed by atoms with van der Waals surface area (Å²) in [6.07, 6.45) is -2.79. The van der Waals surface area contributed by atoms with Crippen LogP contribution in [0.4, 0.5) is 13.2 Å². The van der Waals surface area contributed by atoms with Gasteiger partial charge in [0, 0.05) is 0 Å². The van der Waals surface area contributed by atoms with Gasteiger partial charge in [0.2, 0.25) is 0 Å². The van der Waals surface area contributed by atoms with Crippen molar-refractivity contribution in [3.05, 3.63) is 34.3 Å². The molecular weight excluding hydrogens is 301 g/mol. The van der Waals surface area contributed by atoms with Gasteiger partial charge < -0.3 is 9.47 Å². The first-order valence-corrected chi connectivity index (χ1v) is 5.57. The largest absolute Gasteiger partial charge is 0.573 e. The molecule has 0 atom stereocenters. The van der Waals surface area contributed by atoms with Crippen LogP contribution in [0.25, 0.3) is 5.57 Å². The quantitative estimate of drug-likeness (QED) is 0.828. The second-order valence-corrected chi connectivity index (χ2v) is 4.29. The van der Waals surface area contributed by atoms with Gasteiger partial charge in [0.05, 0.1) is 17.7 Å². The smallest absolute Gasteiger partial charge is 0.405 e. The zero-order valence-electron chi connectivity index (χ0n) is 8.55. The SMILES string of the molecule is FC(F)(F)Oc1ccc(C2=CCOC2)cc1Br. The topological polar surface area (TPSA) is 18.5 Å². The van der Waals surface area contributed by atoms with Gasteiger partial charge in [-0.15, -0.1) is 13.2 Å². The molecule has 17 heavy (non-hydrogen) atoms. The predicted molar refractivity (Wildman–Crippen MR) is 59.6 cm³/mol. The molecule has 1 aromatic rings. The van der Waals surface area contributed by atoms with Crippen LogP contribution in [0.3, 0.4) is 0 Å². The van der Waals surface area contributed by atoms with E-state index >= 15 is 0 Å². The van der Waals surface area contributed by atoms with Gasteiger partial charge >= 0.3 is 6.36 Å². The first-order chi connectivity index (χ1) is 7.96. The van der Waals surface area contributed by atoms with Crippen molar-refractivity contribution < 1.29 is 22.6 Å². The Bertz CT molecular complexity index is 455. The molecule has 0 radical (unpaired) electrons. The van der Waals surface area contributed by atoms with Gasteiger partial charge in [-0.25, -0.2) is 0 Å². The standard InChI is InChI=1S/C11H8BrF3O2/c12-9-5-7(8-3-4-16-6-8)1-2-10(9)17-11(13,14)15/h1-3,5H,4,6H2. The van der Waals surface area contributed by atoms with Crippen LogP contribution in [-0.4, -0.2) is 19.6 Å². The molecule has 0 N–H and O–H groups in total. The summed E-state index contributed by atoms with van der Waals surface area (Å²) in [7, 11) is 0. The lowest BCUT2D eigenvalue weighted by Gasteiger charge is -2.11. The monoisotopic (exact) mass is 308 g/mol. The maximum absolute atomic E-state index is 12.0. The molecule has 0 spiro atoms. The Kier molecular flexibility index (Phi) is 3.44. The Morgan fingerprint density at radius 3 is 2.59 bits per heavy atom. The summed E-state index contributed by atoms with van der Waals surface area (Å²) in [5.41, 5.74) is 1.79. The van der Waals surface area contributed by atoms with E-state index in [1.807, 2.05) is 6.08 Å². The lowest BCUT2D eigenvalue weighted by Crippen LogP contribution is -2.17. The van der Waals surface area contributed by atoms with Crippen LogP contribution in [-0.2, 0) is 4.74 Å². The fourth-order valence-corrected chi connectivity index (χ4v) is 1.96. The van der Waals surface area contributed by atoms with Gasteiger partial charge in [-0.05, 0) is 39.2 Å². The Hall–Kier alpha value is -1.01. The zero-order chi connectivity index (χ0) is 12.5. The number of rotatable bonds is 2. The summed E-state index contributed by atoms with van der Waals surface area (Å²) in [5, 5.41) is 0. The van der Waals surface area contributed by atoms with Crippen molar-refractivity contribution in [3.8, 4) is 5.75 Å². The van der Waals surface area contributed by atoms with Crippen molar-refractivity contribution in [2.45, 2.75) is 6.36 Å². The molecule has 0 bridgehead atoms. The molecule has 92 valence electrons. The van der Waals surface area contributed by atoms with Crippen LogP contribution in [0.15, 0.2) is 28.7 Å². The molecule has 1 aliphatic heterocycles. The van der Waals surface area contributed by atoms with Gasteiger partial charge in [0.1, 0.15) is 5.75 Å². The lowest BCUT2D eigenvalue weighted by atomic mass is 10.1. The Morgan fingerprint density at radius 2 is 2.06 bits per heavy atom. The van der Waals surface area contributed by atoms with Crippen LogP contribution in [0.2, 0.25) is 0 Å². The number of ether oxygens (including phenoxy) is 2. The van der Waals surface area contributed by atoms with E-state index in [0.29, 0.717) is 13.2 Å². The molecule has 2 nitrogen and oxygen atoms in total. The van der Waals surface area contributed by atoms with Crippen molar-refractivity contribution in [1.29, 1.82) is 0 Å². The van der Waals surface area contributed by atoms with Crippen LogP contribution in [0, 0.1) is 0 Å². The molecule has 1 aromatic carbocycles. The third kappa shape index (κ3) is 3.23. The second kappa shape index (κ2) is 4.70. The van der Waals surface area contributed by atoms with E-state index in [4.69, 9.17) is 4.74 Å². The van der Waals surface area contributed by atoms with E-state index in [-0.39, 0.29) is 10.2 Å². The summed E-state index contributed by atoms with van der Waals surface area (Å²) >= 11 is 3.05. The molecular formula is C11H8BrF3O2. The normalized spacial score (nSPS) is 15.9. The minimum atomic E-state index is -4.68. The zero-order valence-corrected chi connectivity index (χ0v) is 10.1. The molecule has 2 rings (SSSR count). The van der Waals surface area contributed by atoms with E-state index in [0.717, 1.165) is 11.1 Å². The third-order valence-corrected chi connectivity index (χ3v) is 2.85. The average Bonchev–Trinajstić information content (AvgIpc) is 2.72. The lowest BCUT2D eigenvalue weighted by molar-refractivity contribution is -0.274. The van der Waals surface area contributed by atoms with Gasteiger partial charge in [-0.1, -0.05) is 12.1 Å². The van der Waals surface area contributed by atoms with E-state index in [1.54, 1.807) is 12.1 Å². The Morgan fingerprint density at radius 1 is 1.29 bits per heavy atom. The van der Waals surface area contributed by atoms with E-state index in [1.165, 1.54) is 6.07 Å². The molecule has 0 saturated heterocycles. The average molecular weight is 309 g/mol. The highest BCUT2D eigenvalue weighted by atomic mass is 79.9. The molecule has 0 unspecified atom stereocenters. The van der Waals surface area contributed by atoms with Crippen molar-refractivity contribution in [3.63, 3.8) is 0 Å². The highest BCUT2D eigenvalue weighted by Gasteiger charge is 2.32. The molecule has 1 aliphatic rings. The van der Waals surface area contributed by atoms with Crippen LogP contribution < -0.4 is 4.74 Å². The number of hydrogen-bond donors (Lipinski definition) is 0. The maximum Gasteiger partial charge on any atom is 0.573 e. The highest BCUT2D eigenvalue weighted by Crippen LogP contribution is 2.33. The van der Waals surface area contributed by atoms with E-state index in [9.17, 15) is 13.2 Å². The van der Waals surface area contributed by atoms with Crippen molar-refractivity contribution in [2.75, 3.05) is 13.2 Å². The fourth-order valence-electron chi connectivity index (χ4n) is 1.50. The van der Waals surface area contributed by atoms with Crippen LogP contribution >= 0.6 is 15.9 Å². The number of halogens is 4. The van der Waals surface area contributed by atoms with Crippen molar-refractivity contribution in [2.24, 2.45) is 0 Å². The molecule has 0 aromatic heterocycles. The van der Waals surface area contributed by atoms with Gasteiger partial charge in [-0.3, -0.25) is 0 Å². The Balaban J connectivity index is 2.22. The first kappa shape index (κ1) is 12.4. The summed E-state index contributed by atoms with van der Waals surface area (Å²) in [6.45, 7) is 1.01. The Labute approximate surface area is 104 Å². The van der Waals surface area contributed by atoms with Crippen LogP contribution in [0.1, 0.15) is 5.56 Å². The predicted octanol–water partition coefficient (Wildman–Crippen LogP) is 3.76. The van der Waals surface area contributed by atoms with Crippen molar-refractivity contribution >= 4 is 21.5 Å². The van der Waals surface area contributed by atoms with Gasteiger partial charge in [0.25, 0.3) is 0 Å². The molecule has 1 heterocycles. The fraction of sp³-hybridized carbons (Fsp3) is 0.273. The molecule has 6 heteroatoms. The van der Waals surface area contributed by atoms with Gasteiger partial charge in [0.15, 0.2) is 0 Å². The van der Waals surface area contributed by atoms with E-state index in [2.05, 4.69) is 20.7 Å². The molecule has 0 fully saturated rings.